The molecule has 3 N–H and O–H groups in total. The largest absolute Gasteiger partial charge is 0.459 e. The van der Waals surface area contributed by atoms with E-state index in [1.807, 2.05) is 30.3 Å². The van der Waals surface area contributed by atoms with Gasteiger partial charge in [0.05, 0.1) is 18.8 Å². The van der Waals surface area contributed by atoms with E-state index in [1.165, 1.54) is 24.5 Å². The van der Waals surface area contributed by atoms with Crippen LogP contribution in [0.1, 0.15) is 27.7 Å². The van der Waals surface area contributed by atoms with Gasteiger partial charge in [-0.15, -0.1) is 0 Å². The van der Waals surface area contributed by atoms with Crippen molar-refractivity contribution >= 4 is 11.8 Å². The lowest BCUT2D eigenvalue weighted by Gasteiger charge is -2.20. The number of alkyl halides is 2. The van der Waals surface area contributed by atoms with Crippen molar-refractivity contribution in [2.45, 2.75) is 12.7 Å². The summed E-state index contributed by atoms with van der Waals surface area (Å²) in [5.41, 5.74) is 6.16. The highest BCUT2D eigenvalue weighted by molar-refractivity contribution is 5.93. The van der Waals surface area contributed by atoms with Crippen LogP contribution in [-0.2, 0) is 4.79 Å². The van der Waals surface area contributed by atoms with Crippen molar-refractivity contribution in [3.63, 3.8) is 0 Å². The molecule has 7 nitrogen and oxygen atoms in total. The fourth-order valence-corrected chi connectivity index (χ4v) is 2.75. The van der Waals surface area contributed by atoms with Gasteiger partial charge in [0.2, 0.25) is 0 Å². The molecule has 0 saturated carbocycles. The Labute approximate surface area is 171 Å². The van der Waals surface area contributed by atoms with E-state index in [2.05, 4.69) is 20.9 Å². The van der Waals surface area contributed by atoms with Gasteiger partial charge in [0.25, 0.3) is 5.91 Å². The molecule has 2 aromatic carbocycles. The average molecular weight is 415 g/mol. The van der Waals surface area contributed by atoms with Crippen molar-refractivity contribution in [1.82, 2.24) is 16.2 Å². The van der Waals surface area contributed by atoms with Gasteiger partial charge in [-0.05, 0) is 35.4 Å². The number of hydrogen-bond donors (Lipinski definition) is 3. The van der Waals surface area contributed by atoms with Gasteiger partial charge in [-0.25, -0.2) is 0 Å². The summed E-state index contributed by atoms with van der Waals surface area (Å²) in [7, 11) is 0. The van der Waals surface area contributed by atoms with Crippen LogP contribution in [0.3, 0.4) is 0 Å². The van der Waals surface area contributed by atoms with Gasteiger partial charge in [-0.2, -0.15) is 8.78 Å². The molecule has 3 rings (SSSR count). The summed E-state index contributed by atoms with van der Waals surface area (Å²) >= 11 is 0. The Hall–Kier alpha value is -3.72. The molecule has 0 aliphatic carbocycles. The Kier molecular flexibility index (Phi) is 7.12. The molecule has 30 heavy (non-hydrogen) atoms. The number of nitrogens with one attached hydrogen (secondary N) is 3. The number of carbonyl (C=O) groups excluding carboxylic acids is 2. The molecule has 156 valence electrons. The highest BCUT2D eigenvalue weighted by atomic mass is 19.3. The van der Waals surface area contributed by atoms with Crippen LogP contribution < -0.4 is 20.9 Å². The van der Waals surface area contributed by atoms with Crippen molar-refractivity contribution in [2.24, 2.45) is 0 Å². The molecule has 9 heteroatoms. The molecule has 0 aliphatic rings. The number of carbonyl (C=O) groups is 2. The van der Waals surface area contributed by atoms with E-state index < -0.39 is 24.5 Å². The predicted molar refractivity (Wildman–Crippen MR) is 104 cm³/mol. The number of ether oxygens (including phenoxy) is 1. The Bertz CT molecular complexity index is 948. The van der Waals surface area contributed by atoms with Crippen LogP contribution in [0, 0.1) is 0 Å². The van der Waals surface area contributed by atoms with Crippen molar-refractivity contribution in [3.8, 4) is 5.75 Å². The number of rotatable bonds is 8. The Balaban J connectivity index is 1.63. The van der Waals surface area contributed by atoms with Gasteiger partial charge < -0.3 is 9.15 Å². The minimum absolute atomic E-state index is 0.0407. The lowest BCUT2D eigenvalue weighted by Crippen LogP contribution is -2.46. The molecule has 0 spiro atoms. The first-order chi connectivity index (χ1) is 14.5. The quantitative estimate of drug-likeness (QED) is 0.492. The highest BCUT2D eigenvalue weighted by Gasteiger charge is 2.16. The summed E-state index contributed by atoms with van der Waals surface area (Å²) < 4.78 is 34.0. The second-order valence-corrected chi connectivity index (χ2v) is 6.15. The molecule has 0 radical (unpaired) electrons. The molecule has 1 aromatic heterocycles. The third kappa shape index (κ3) is 5.89. The van der Waals surface area contributed by atoms with E-state index >= 15 is 0 Å². The van der Waals surface area contributed by atoms with Gasteiger partial charge in [0, 0.05) is 0 Å². The first-order valence-corrected chi connectivity index (χ1v) is 8.98. The van der Waals surface area contributed by atoms with Crippen LogP contribution in [0.5, 0.6) is 5.75 Å². The number of furan rings is 1. The van der Waals surface area contributed by atoms with Crippen molar-refractivity contribution < 1.29 is 27.5 Å². The van der Waals surface area contributed by atoms with Crippen molar-refractivity contribution in [2.75, 3.05) is 6.54 Å². The van der Waals surface area contributed by atoms with Gasteiger partial charge in [0.15, 0.2) is 5.76 Å². The zero-order valence-electron chi connectivity index (χ0n) is 15.7. The summed E-state index contributed by atoms with van der Waals surface area (Å²) in [6, 6.07) is 18.1. The number of amides is 2. The summed E-state index contributed by atoms with van der Waals surface area (Å²) in [6.45, 7) is -3.02. The summed E-state index contributed by atoms with van der Waals surface area (Å²) in [5.74, 6) is -0.952. The van der Waals surface area contributed by atoms with E-state index in [0.29, 0.717) is 0 Å². The van der Waals surface area contributed by atoms with E-state index in [4.69, 9.17) is 4.42 Å². The molecule has 0 unspecified atom stereocenters. The molecule has 0 saturated heterocycles. The zero-order chi connectivity index (χ0) is 21.3. The number of hydrogen-bond acceptors (Lipinski definition) is 5. The predicted octanol–water partition coefficient (Wildman–Crippen LogP) is 3.02. The lowest BCUT2D eigenvalue weighted by molar-refractivity contribution is -0.121. The third-order valence-corrected chi connectivity index (χ3v) is 4.10. The molecule has 1 heterocycles. The summed E-state index contributed by atoms with van der Waals surface area (Å²) in [5, 5.41) is 3.10. The maximum atomic E-state index is 12.4. The molecule has 2 amide bonds. The minimum atomic E-state index is -2.90. The van der Waals surface area contributed by atoms with Gasteiger partial charge in [-0.1, -0.05) is 42.5 Å². The molecular weight excluding hydrogens is 396 g/mol. The Morgan fingerprint density at radius 3 is 2.23 bits per heavy atom. The lowest BCUT2D eigenvalue weighted by atomic mass is 9.98. The van der Waals surface area contributed by atoms with E-state index in [9.17, 15) is 18.4 Å². The molecule has 0 fully saturated rings. The van der Waals surface area contributed by atoms with Crippen LogP contribution in [0.4, 0.5) is 8.78 Å². The number of benzene rings is 2. The molecule has 3 aromatic rings. The van der Waals surface area contributed by atoms with E-state index in [0.717, 1.165) is 11.1 Å². The van der Waals surface area contributed by atoms with Crippen LogP contribution in [0.15, 0.2) is 77.4 Å². The number of halogens is 2. The molecule has 1 atom stereocenters. The second kappa shape index (κ2) is 10.2. The minimum Gasteiger partial charge on any atom is -0.459 e. The molecular formula is C21H19F2N3O4. The first kappa shape index (κ1) is 21.0. The maximum absolute atomic E-state index is 12.4. The summed E-state index contributed by atoms with van der Waals surface area (Å²) in [4.78, 5) is 23.9. The second-order valence-electron chi connectivity index (χ2n) is 6.15. The Morgan fingerprint density at radius 1 is 0.900 bits per heavy atom. The van der Waals surface area contributed by atoms with Crippen LogP contribution >= 0.6 is 0 Å². The fourth-order valence-electron chi connectivity index (χ4n) is 2.75. The average Bonchev–Trinajstić information content (AvgIpc) is 3.29. The van der Waals surface area contributed by atoms with Crippen LogP contribution in [-0.4, -0.2) is 25.0 Å². The molecule has 0 bridgehead atoms. The van der Waals surface area contributed by atoms with Gasteiger partial charge in [-0.3, -0.25) is 25.8 Å². The van der Waals surface area contributed by atoms with Gasteiger partial charge in [0.1, 0.15) is 5.75 Å². The monoisotopic (exact) mass is 415 g/mol. The van der Waals surface area contributed by atoms with Gasteiger partial charge >= 0.3 is 12.5 Å². The van der Waals surface area contributed by atoms with Crippen molar-refractivity contribution in [1.29, 1.82) is 0 Å². The summed E-state index contributed by atoms with van der Waals surface area (Å²) in [6.07, 6.45) is 1.35. The van der Waals surface area contributed by atoms with E-state index in [1.54, 1.807) is 18.2 Å². The highest BCUT2D eigenvalue weighted by Crippen LogP contribution is 2.24. The van der Waals surface area contributed by atoms with E-state index in [-0.39, 0.29) is 18.1 Å². The zero-order valence-corrected chi connectivity index (χ0v) is 15.7. The first-order valence-electron chi connectivity index (χ1n) is 8.98. The Morgan fingerprint density at radius 2 is 1.60 bits per heavy atom. The normalized spacial score (nSPS) is 11.7. The maximum Gasteiger partial charge on any atom is 0.387 e. The topological polar surface area (TPSA) is 92.6 Å². The fraction of sp³-hybridized carbons (Fsp3) is 0.143. The number of hydrazine groups is 1. The van der Waals surface area contributed by atoms with Crippen LogP contribution in [0.25, 0.3) is 0 Å². The van der Waals surface area contributed by atoms with Crippen molar-refractivity contribution in [3.05, 3.63) is 89.9 Å². The molecule has 0 aliphatic heterocycles. The third-order valence-electron chi connectivity index (χ3n) is 4.10. The SMILES string of the molecule is O=C(CN[C@@H](c1ccccc1)c1ccc(OC(F)F)cc1)NNC(=O)c1ccco1. The smallest absolute Gasteiger partial charge is 0.387 e. The van der Waals surface area contributed by atoms with Crippen LogP contribution in [0.2, 0.25) is 0 Å². The standard InChI is InChI=1S/C21H19F2N3O4/c22-21(23)30-16-10-8-15(9-11-16)19(14-5-2-1-3-6-14)24-13-18(27)25-26-20(28)17-7-4-12-29-17/h1-12,19,21,24H,13H2,(H,25,27)(H,26,28)/t19-/m0/s1.